The molecule has 0 aliphatic carbocycles. The van der Waals surface area contributed by atoms with Gasteiger partial charge in [-0.15, -0.1) is 4.40 Å². The quantitative estimate of drug-likeness (QED) is 0.683. The molecule has 164 valence electrons. The zero-order valence-electron chi connectivity index (χ0n) is 17.7. The standard InChI is InChI=1S/C22H25N3O4S2/c1-4-16-8-12-18(13-9-16)31(28,29)24-22-25(5-2)21(27)19(30-22)14-20(26)23-17-10-6-15(3)7-11-17/h6-13,19H,4-5,14H2,1-3H3,(H,23,26)/b24-22-. The van der Waals surface area contributed by atoms with E-state index in [1.807, 2.05) is 26.0 Å². The number of nitrogens with zero attached hydrogens (tertiary/aromatic N) is 2. The average Bonchev–Trinajstić information content (AvgIpc) is 3.02. The van der Waals surface area contributed by atoms with Crippen molar-refractivity contribution >= 4 is 44.5 Å². The van der Waals surface area contributed by atoms with Crippen molar-refractivity contribution in [3.05, 3.63) is 59.7 Å². The molecule has 1 fully saturated rings. The molecule has 1 saturated heterocycles. The fourth-order valence-corrected chi connectivity index (χ4v) is 5.49. The maximum Gasteiger partial charge on any atom is 0.284 e. The molecule has 2 amide bonds. The van der Waals surface area contributed by atoms with Crippen LogP contribution >= 0.6 is 11.8 Å². The smallest absolute Gasteiger partial charge is 0.284 e. The highest BCUT2D eigenvalue weighted by Crippen LogP contribution is 2.31. The van der Waals surface area contributed by atoms with Gasteiger partial charge in [0, 0.05) is 18.7 Å². The van der Waals surface area contributed by atoms with Crippen LogP contribution in [-0.2, 0) is 26.0 Å². The second-order valence-corrected chi connectivity index (χ2v) is 9.93. The van der Waals surface area contributed by atoms with Gasteiger partial charge >= 0.3 is 0 Å². The topological polar surface area (TPSA) is 95.9 Å². The summed E-state index contributed by atoms with van der Waals surface area (Å²) in [4.78, 5) is 26.5. The van der Waals surface area contributed by atoms with E-state index in [4.69, 9.17) is 0 Å². The van der Waals surface area contributed by atoms with E-state index in [1.165, 1.54) is 17.0 Å². The van der Waals surface area contributed by atoms with Crippen LogP contribution in [0.2, 0.25) is 0 Å². The maximum atomic E-state index is 12.7. The van der Waals surface area contributed by atoms with E-state index in [-0.39, 0.29) is 34.8 Å². The van der Waals surface area contributed by atoms with Crippen LogP contribution in [0.5, 0.6) is 0 Å². The molecule has 2 aromatic carbocycles. The van der Waals surface area contributed by atoms with Crippen LogP contribution in [0.1, 0.15) is 31.4 Å². The molecule has 2 aromatic rings. The minimum atomic E-state index is -3.97. The number of aryl methyl sites for hydroxylation is 2. The molecule has 0 bridgehead atoms. The summed E-state index contributed by atoms with van der Waals surface area (Å²) >= 11 is 1.01. The van der Waals surface area contributed by atoms with Crippen LogP contribution in [0, 0.1) is 6.92 Å². The van der Waals surface area contributed by atoms with Crippen molar-refractivity contribution in [2.24, 2.45) is 4.40 Å². The first-order chi connectivity index (χ1) is 14.7. The summed E-state index contributed by atoms with van der Waals surface area (Å²) in [7, 11) is -3.97. The highest BCUT2D eigenvalue weighted by Gasteiger charge is 2.39. The first-order valence-corrected chi connectivity index (χ1v) is 12.3. The molecule has 3 rings (SSSR count). The molecule has 0 radical (unpaired) electrons. The number of sulfonamides is 1. The van der Waals surface area contributed by atoms with Gasteiger partial charge < -0.3 is 5.32 Å². The van der Waals surface area contributed by atoms with E-state index in [2.05, 4.69) is 9.71 Å². The van der Waals surface area contributed by atoms with Crippen molar-refractivity contribution in [2.75, 3.05) is 11.9 Å². The van der Waals surface area contributed by atoms with Crippen molar-refractivity contribution < 1.29 is 18.0 Å². The lowest BCUT2D eigenvalue weighted by atomic mass is 10.2. The van der Waals surface area contributed by atoms with Crippen molar-refractivity contribution in [2.45, 2.75) is 43.8 Å². The summed E-state index contributed by atoms with van der Waals surface area (Å²) < 4.78 is 29.4. The first-order valence-electron chi connectivity index (χ1n) is 10.0. The summed E-state index contributed by atoms with van der Waals surface area (Å²) in [5.74, 6) is -0.633. The van der Waals surface area contributed by atoms with E-state index in [0.29, 0.717) is 5.69 Å². The van der Waals surface area contributed by atoms with Crippen LogP contribution in [0.25, 0.3) is 0 Å². The van der Waals surface area contributed by atoms with Crippen LogP contribution in [0.4, 0.5) is 5.69 Å². The van der Waals surface area contributed by atoms with Gasteiger partial charge in [0.1, 0.15) is 5.25 Å². The van der Waals surface area contributed by atoms with E-state index in [0.717, 1.165) is 29.3 Å². The Morgan fingerprint density at radius 3 is 2.32 bits per heavy atom. The monoisotopic (exact) mass is 459 g/mol. The van der Waals surface area contributed by atoms with Crippen molar-refractivity contribution in [1.29, 1.82) is 0 Å². The van der Waals surface area contributed by atoms with E-state index < -0.39 is 15.3 Å². The lowest BCUT2D eigenvalue weighted by molar-refractivity contribution is -0.128. The highest BCUT2D eigenvalue weighted by atomic mass is 32.2. The molecule has 1 aliphatic rings. The normalized spacial score (nSPS) is 17.9. The number of amidine groups is 1. The number of benzene rings is 2. The molecule has 0 aromatic heterocycles. The second kappa shape index (κ2) is 9.65. The minimum absolute atomic E-state index is 0.0712. The Kier molecular flexibility index (Phi) is 7.17. The summed E-state index contributed by atoms with van der Waals surface area (Å²) in [6.45, 7) is 5.95. The second-order valence-electron chi connectivity index (χ2n) is 7.15. The fourth-order valence-electron chi connectivity index (χ4n) is 3.07. The number of nitrogens with one attached hydrogen (secondary N) is 1. The molecule has 1 atom stereocenters. The van der Waals surface area contributed by atoms with E-state index in [9.17, 15) is 18.0 Å². The molecular weight excluding hydrogens is 434 g/mol. The first kappa shape index (κ1) is 23.0. The van der Waals surface area contributed by atoms with Gasteiger partial charge in [0.2, 0.25) is 11.8 Å². The Hall–Kier alpha value is -2.65. The van der Waals surface area contributed by atoms with Crippen LogP contribution < -0.4 is 5.32 Å². The van der Waals surface area contributed by atoms with Gasteiger partial charge in [-0.05, 0) is 50.1 Å². The summed E-state index contributed by atoms with van der Waals surface area (Å²) in [6.07, 6.45) is 0.729. The van der Waals surface area contributed by atoms with Crippen molar-refractivity contribution in [1.82, 2.24) is 4.90 Å². The number of hydrogen-bond donors (Lipinski definition) is 1. The Bertz CT molecular complexity index is 1090. The zero-order valence-corrected chi connectivity index (χ0v) is 19.3. The number of carbonyl (C=O) groups excluding carboxylic acids is 2. The lowest BCUT2D eigenvalue weighted by Crippen LogP contribution is -2.33. The third-order valence-electron chi connectivity index (χ3n) is 4.87. The van der Waals surface area contributed by atoms with Crippen molar-refractivity contribution in [3.63, 3.8) is 0 Å². The average molecular weight is 460 g/mol. The third-order valence-corrected chi connectivity index (χ3v) is 7.44. The molecule has 0 spiro atoms. The molecule has 1 N–H and O–H groups in total. The molecule has 9 heteroatoms. The Labute approximate surface area is 187 Å². The van der Waals surface area contributed by atoms with Gasteiger partial charge in [-0.1, -0.05) is 48.5 Å². The maximum absolute atomic E-state index is 12.7. The Morgan fingerprint density at radius 2 is 1.74 bits per heavy atom. The SMILES string of the molecule is CCc1ccc(S(=O)(=O)/N=C2\SC(CC(=O)Nc3ccc(C)cc3)C(=O)N2CC)cc1. The molecular formula is C22H25N3O4S2. The van der Waals surface area contributed by atoms with E-state index in [1.54, 1.807) is 31.2 Å². The predicted octanol–water partition coefficient (Wildman–Crippen LogP) is 3.59. The fraction of sp³-hybridized carbons (Fsp3) is 0.318. The van der Waals surface area contributed by atoms with Crippen LogP contribution in [0.15, 0.2) is 57.8 Å². The van der Waals surface area contributed by atoms with E-state index >= 15 is 0 Å². The predicted molar refractivity (Wildman–Crippen MR) is 124 cm³/mol. The Balaban J connectivity index is 1.75. The molecule has 0 saturated carbocycles. The summed E-state index contributed by atoms with van der Waals surface area (Å²) in [5.41, 5.74) is 2.74. The molecule has 31 heavy (non-hydrogen) atoms. The molecule has 1 heterocycles. The number of carbonyl (C=O) groups is 2. The lowest BCUT2D eigenvalue weighted by Gasteiger charge is -2.13. The van der Waals surface area contributed by atoms with Crippen LogP contribution in [-0.4, -0.2) is 42.1 Å². The number of hydrogen-bond acceptors (Lipinski definition) is 5. The minimum Gasteiger partial charge on any atom is -0.326 e. The van der Waals surface area contributed by atoms with Crippen LogP contribution in [0.3, 0.4) is 0 Å². The number of anilines is 1. The highest BCUT2D eigenvalue weighted by molar-refractivity contribution is 8.16. The molecule has 1 aliphatic heterocycles. The largest absolute Gasteiger partial charge is 0.326 e. The number of amides is 2. The van der Waals surface area contributed by atoms with Gasteiger partial charge in [-0.2, -0.15) is 8.42 Å². The van der Waals surface area contributed by atoms with Crippen molar-refractivity contribution in [3.8, 4) is 0 Å². The summed E-state index contributed by atoms with van der Waals surface area (Å²) in [6, 6.07) is 13.9. The summed E-state index contributed by atoms with van der Waals surface area (Å²) in [5, 5.41) is 2.14. The third kappa shape index (κ3) is 5.54. The number of rotatable bonds is 7. The Morgan fingerprint density at radius 1 is 1.10 bits per heavy atom. The van der Waals surface area contributed by atoms with Gasteiger partial charge in [0.25, 0.3) is 10.0 Å². The molecule has 1 unspecified atom stereocenters. The van der Waals surface area contributed by atoms with Gasteiger partial charge in [0.05, 0.1) is 4.90 Å². The van der Waals surface area contributed by atoms with Gasteiger partial charge in [-0.25, -0.2) is 0 Å². The van der Waals surface area contributed by atoms with Gasteiger partial charge in [0.15, 0.2) is 5.17 Å². The zero-order chi connectivity index (χ0) is 22.6. The molecule has 7 nitrogen and oxygen atoms in total. The van der Waals surface area contributed by atoms with Gasteiger partial charge in [-0.3, -0.25) is 14.5 Å². The number of thioether (sulfide) groups is 1.